The van der Waals surface area contributed by atoms with Crippen molar-refractivity contribution in [2.24, 2.45) is 0 Å². The number of nitrogens with one attached hydrogen (secondary N) is 1. The number of aryl methyl sites for hydroxylation is 1. The smallest absolute Gasteiger partial charge is 0.0358 e. The Labute approximate surface area is 103 Å². The molecule has 2 nitrogen and oxygen atoms in total. The zero-order chi connectivity index (χ0) is 12.1. The molecule has 88 valence electrons. The van der Waals surface area contributed by atoms with Crippen LogP contribution < -0.4 is 5.32 Å². The highest BCUT2D eigenvalue weighted by molar-refractivity contribution is 5.26. The van der Waals surface area contributed by atoms with Crippen LogP contribution in [0.15, 0.2) is 48.8 Å². The van der Waals surface area contributed by atoms with Gasteiger partial charge in [0.05, 0.1) is 0 Å². The van der Waals surface area contributed by atoms with Gasteiger partial charge in [-0.15, -0.1) is 0 Å². The molecule has 0 aliphatic rings. The van der Waals surface area contributed by atoms with E-state index >= 15 is 0 Å². The third kappa shape index (κ3) is 3.14. The van der Waals surface area contributed by atoms with Crippen molar-refractivity contribution >= 4 is 0 Å². The Morgan fingerprint density at radius 1 is 1.06 bits per heavy atom. The molecule has 17 heavy (non-hydrogen) atoms. The standard InChI is InChI=1S/C15H18N2/c1-12-3-5-14(6-4-12)15(16-2)11-13-7-9-17-10-8-13/h3-10,15-16H,11H2,1-2H3. The van der Waals surface area contributed by atoms with Crippen LogP contribution >= 0.6 is 0 Å². The Kier molecular flexibility index (Phi) is 3.89. The molecule has 1 heterocycles. The molecule has 0 saturated carbocycles. The van der Waals surface area contributed by atoms with Gasteiger partial charge in [0.15, 0.2) is 0 Å². The number of benzene rings is 1. The summed E-state index contributed by atoms with van der Waals surface area (Å²) in [5.74, 6) is 0. The van der Waals surface area contributed by atoms with Crippen molar-refractivity contribution in [2.75, 3.05) is 7.05 Å². The molecule has 1 aromatic carbocycles. The zero-order valence-corrected chi connectivity index (χ0v) is 10.4. The topological polar surface area (TPSA) is 24.9 Å². The Balaban J connectivity index is 2.14. The molecule has 0 bridgehead atoms. The van der Waals surface area contributed by atoms with Gasteiger partial charge < -0.3 is 5.32 Å². The van der Waals surface area contributed by atoms with Crippen LogP contribution in [0.2, 0.25) is 0 Å². The molecular weight excluding hydrogens is 208 g/mol. The molecule has 2 rings (SSSR count). The summed E-state index contributed by atoms with van der Waals surface area (Å²) < 4.78 is 0. The maximum Gasteiger partial charge on any atom is 0.0358 e. The van der Waals surface area contributed by atoms with Gasteiger partial charge in [-0.05, 0) is 43.7 Å². The quantitative estimate of drug-likeness (QED) is 0.867. The van der Waals surface area contributed by atoms with Crippen LogP contribution in [0.4, 0.5) is 0 Å². The van der Waals surface area contributed by atoms with Crippen LogP contribution in [-0.2, 0) is 6.42 Å². The van der Waals surface area contributed by atoms with Crippen LogP contribution in [0, 0.1) is 6.92 Å². The molecule has 0 aliphatic heterocycles. The summed E-state index contributed by atoms with van der Waals surface area (Å²) in [6.07, 6.45) is 4.68. The first kappa shape index (κ1) is 11.8. The summed E-state index contributed by atoms with van der Waals surface area (Å²) in [6, 6.07) is 13.2. The first-order valence-electron chi connectivity index (χ1n) is 5.92. The van der Waals surface area contributed by atoms with E-state index in [0.29, 0.717) is 6.04 Å². The van der Waals surface area contributed by atoms with Crippen molar-refractivity contribution in [2.45, 2.75) is 19.4 Å². The van der Waals surface area contributed by atoms with Crippen molar-refractivity contribution in [3.8, 4) is 0 Å². The third-order valence-electron chi connectivity index (χ3n) is 3.02. The van der Waals surface area contributed by atoms with Gasteiger partial charge in [0.25, 0.3) is 0 Å². The first-order valence-corrected chi connectivity index (χ1v) is 5.92. The molecule has 1 unspecified atom stereocenters. The van der Waals surface area contributed by atoms with E-state index < -0.39 is 0 Å². The Hall–Kier alpha value is -1.67. The highest BCUT2D eigenvalue weighted by Crippen LogP contribution is 2.18. The summed E-state index contributed by atoms with van der Waals surface area (Å²) in [4.78, 5) is 4.04. The maximum atomic E-state index is 4.04. The Morgan fingerprint density at radius 3 is 2.29 bits per heavy atom. The van der Waals surface area contributed by atoms with E-state index in [9.17, 15) is 0 Å². The molecular formula is C15H18N2. The number of rotatable bonds is 4. The summed E-state index contributed by atoms with van der Waals surface area (Å²) in [5, 5.41) is 3.37. The lowest BCUT2D eigenvalue weighted by atomic mass is 9.99. The van der Waals surface area contributed by atoms with Crippen molar-refractivity contribution < 1.29 is 0 Å². The average molecular weight is 226 g/mol. The van der Waals surface area contributed by atoms with Gasteiger partial charge in [-0.25, -0.2) is 0 Å². The normalized spacial score (nSPS) is 12.4. The van der Waals surface area contributed by atoms with E-state index in [0.717, 1.165) is 6.42 Å². The Bertz CT molecular complexity index is 448. The molecule has 0 spiro atoms. The van der Waals surface area contributed by atoms with E-state index in [2.05, 4.69) is 53.6 Å². The minimum atomic E-state index is 0.359. The molecule has 0 radical (unpaired) electrons. The lowest BCUT2D eigenvalue weighted by Gasteiger charge is -2.16. The van der Waals surface area contributed by atoms with E-state index in [1.54, 1.807) is 0 Å². The highest BCUT2D eigenvalue weighted by atomic mass is 14.9. The van der Waals surface area contributed by atoms with Gasteiger partial charge in [0, 0.05) is 18.4 Å². The molecule has 1 atom stereocenters. The average Bonchev–Trinajstić information content (AvgIpc) is 2.38. The summed E-state index contributed by atoms with van der Waals surface area (Å²) in [6.45, 7) is 2.11. The number of hydrogen-bond acceptors (Lipinski definition) is 2. The van der Waals surface area contributed by atoms with E-state index in [4.69, 9.17) is 0 Å². The van der Waals surface area contributed by atoms with Crippen LogP contribution in [0.3, 0.4) is 0 Å². The molecule has 2 heteroatoms. The van der Waals surface area contributed by atoms with Gasteiger partial charge in [0.1, 0.15) is 0 Å². The van der Waals surface area contributed by atoms with Gasteiger partial charge in [-0.2, -0.15) is 0 Å². The first-order chi connectivity index (χ1) is 8.29. The molecule has 0 saturated heterocycles. The second-order valence-corrected chi connectivity index (χ2v) is 4.31. The highest BCUT2D eigenvalue weighted by Gasteiger charge is 2.09. The summed E-state index contributed by atoms with van der Waals surface area (Å²) in [7, 11) is 2.01. The summed E-state index contributed by atoms with van der Waals surface area (Å²) in [5.41, 5.74) is 3.93. The number of hydrogen-bond donors (Lipinski definition) is 1. The molecule has 1 aromatic heterocycles. The van der Waals surface area contributed by atoms with Crippen molar-refractivity contribution in [1.82, 2.24) is 10.3 Å². The Morgan fingerprint density at radius 2 is 1.71 bits per heavy atom. The van der Waals surface area contributed by atoms with E-state index in [1.807, 2.05) is 19.4 Å². The SMILES string of the molecule is CNC(Cc1ccncc1)c1ccc(C)cc1. The number of pyridine rings is 1. The van der Waals surface area contributed by atoms with Crippen LogP contribution in [0.25, 0.3) is 0 Å². The predicted molar refractivity (Wildman–Crippen MR) is 70.9 cm³/mol. The third-order valence-corrected chi connectivity index (χ3v) is 3.02. The maximum absolute atomic E-state index is 4.04. The largest absolute Gasteiger partial charge is 0.313 e. The fourth-order valence-corrected chi connectivity index (χ4v) is 1.94. The number of aromatic nitrogens is 1. The van der Waals surface area contributed by atoms with Gasteiger partial charge >= 0.3 is 0 Å². The minimum absolute atomic E-state index is 0.359. The molecule has 2 aromatic rings. The number of nitrogens with zero attached hydrogens (tertiary/aromatic N) is 1. The van der Waals surface area contributed by atoms with Crippen LogP contribution in [-0.4, -0.2) is 12.0 Å². The van der Waals surface area contributed by atoms with Crippen LogP contribution in [0.1, 0.15) is 22.7 Å². The fraction of sp³-hybridized carbons (Fsp3) is 0.267. The predicted octanol–water partition coefficient (Wildman–Crippen LogP) is 2.89. The zero-order valence-electron chi connectivity index (χ0n) is 10.4. The molecule has 0 aliphatic carbocycles. The van der Waals surface area contributed by atoms with E-state index in [1.165, 1.54) is 16.7 Å². The molecule has 1 N–H and O–H groups in total. The minimum Gasteiger partial charge on any atom is -0.313 e. The second kappa shape index (κ2) is 5.60. The lowest BCUT2D eigenvalue weighted by Crippen LogP contribution is -2.18. The summed E-state index contributed by atoms with van der Waals surface area (Å²) >= 11 is 0. The van der Waals surface area contributed by atoms with Gasteiger partial charge in [-0.1, -0.05) is 29.8 Å². The van der Waals surface area contributed by atoms with Crippen molar-refractivity contribution in [1.29, 1.82) is 0 Å². The fourth-order valence-electron chi connectivity index (χ4n) is 1.94. The van der Waals surface area contributed by atoms with E-state index in [-0.39, 0.29) is 0 Å². The second-order valence-electron chi connectivity index (χ2n) is 4.31. The molecule has 0 fully saturated rings. The van der Waals surface area contributed by atoms with Crippen LogP contribution in [0.5, 0.6) is 0 Å². The monoisotopic (exact) mass is 226 g/mol. The van der Waals surface area contributed by atoms with Crippen molar-refractivity contribution in [3.63, 3.8) is 0 Å². The number of likely N-dealkylation sites (N-methyl/N-ethyl adjacent to an activating group) is 1. The molecule has 0 amide bonds. The van der Waals surface area contributed by atoms with Gasteiger partial charge in [0.2, 0.25) is 0 Å². The lowest BCUT2D eigenvalue weighted by molar-refractivity contribution is 0.591. The van der Waals surface area contributed by atoms with Crippen molar-refractivity contribution in [3.05, 3.63) is 65.5 Å². The van der Waals surface area contributed by atoms with Gasteiger partial charge in [-0.3, -0.25) is 4.98 Å².